The second-order valence-electron chi connectivity index (χ2n) is 8.67. The molecule has 172 valence electrons. The fraction of sp³-hybridized carbons (Fsp3) is 0.385. The Morgan fingerprint density at radius 1 is 0.848 bits per heavy atom. The van der Waals surface area contributed by atoms with Crippen LogP contribution in [-0.2, 0) is 4.79 Å². The molecule has 2 N–H and O–H groups in total. The predicted octanol–water partition coefficient (Wildman–Crippen LogP) is 4.15. The Labute approximate surface area is 193 Å². The summed E-state index contributed by atoms with van der Waals surface area (Å²) in [7, 11) is 0. The van der Waals surface area contributed by atoms with Gasteiger partial charge in [0.05, 0.1) is 22.4 Å². The Morgan fingerprint density at radius 3 is 2.12 bits per heavy atom. The molecular formula is C26H29N3O4. The van der Waals surface area contributed by atoms with E-state index in [0.717, 1.165) is 25.7 Å². The highest BCUT2D eigenvalue weighted by Crippen LogP contribution is 2.23. The van der Waals surface area contributed by atoms with Crippen molar-refractivity contribution in [2.75, 3.05) is 11.9 Å². The molecule has 1 fully saturated rings. The van der Waals surface area contributed by atoms with Gasteiger partial charge < -0.3 is 10.6 Å². The van der Waals surface area contributed by atoms with Crippen molar-refractivity contribution in [1.29, 1.82) is 0 Å². The van der Waals surface area contributed by atoms with Crippen molar-refractivity contribution in [2.45, 2.75) is 57.4 Å². The quantitative estimate of drug-likeness (QED) is 0.492. The molecule has 1 aliphatic heterocycles. The minimum atomic E-state index is -0.323. The van der Waals surface area contributed by atoms with E-state index in [4.69, 9.17) is 0 Å². The van der Waals surface area contributed by atoms with Gasteiger partial charge in [-0.15, -0.1) is 0 Å². The molecule has 1 heterocycles. The molecule has 0 aromatic heterocycles. The van der Waals surface area contributed by atoms with Gasteiger partial charge >= 0.3 is 0 Å². The number of imide groups is 1. The molecular weight excluding hydrogens is 418 g/mol. The van der Waals surface area contributed by atoms with E-state index in [1.165, 1.54) is 17.7 Å². The van der Waals surface area contributed by atoms with Crippen molar-refractivity contribution >= 4 is 29.3 Å². The maximum absolute atomic E-state index is 12.9. The number of benzene rings is 2. The Bertz CT molecular complexity index is 1020. The molecule has 0 atom stereocenters. The van der Waals surface area contributed by atoms with Gasteiger partial charge in [0.25, 0.3) is 17.7 Å². The van der Waals surface area contributed by atoms with Gasteiger partial charge in [-0.25, -0.2) is 0 Å². The second kappa shape index (κ2) is 10.4. The van der Waals surface area contributed by atoms with Gasteiger partial charge in [0.2, 0.25) is 5.91 Å². The van der Waals surface area contributed by atoms with E-state index in [9.17, 15) is 19.2 Å². The van der Waals surface area contributed by atoms with E-state index in [0.29, 0.717) is 28.8 Å². The summed E-state index contributed by atoms with van der Waals surface area (Å²) < 4.78 is 0. The highest BCUT2D eigenvalue weighted by atomic mass is 16.2. The smallest absolute Gasteiger partial charge is 0.261 e. The minimum Gasteiger partial charge on any atom is -0.349 e. The summed E-state index contributed by atoms with van der Waals surface area (Å²) in [4.78, 5) is 51.5. The Morgan fingerprint density at radius 2 is 1.45 bits per heavy atom. The number of fused-ring (bicyclic) bond motifs is 1. The van der Waals surface area contributed by atoms with Gasteiger partial charge in [-0.1, -0.05) is 49.9 Å². The number of amides is 4. The molecule has 0 radical (unpaired) electrons. The van der Waals surface area contributed by atoms with Crippen LogP contribution >= 0.6 is 0 Å². The molecule has 7 heteroatoms. The molecule has 4 amide bonds. The molecule has 0 saturated heterocycles. The number of nitrogens with zero attached hydrogens (tertiary/aromatic N) is 1. The Hall–Kier alpha value is -3.48. The van der Waals surface area contributed by atoms with Crippen molar-refractivity contribution < 1.29 is 19.2 Å². The molecule has 0 bridgehead atoms. The van der Waals surface area contributed by atoms with E-state index < -0.39 is 0 Å². The van der Waals surface area contributed by atoms with Crippen LogP contribution in [0.4, 0.5) is 5.69 Å². The summed E-state index contributed by atoms with van der Waals surface area (Å²) in [6.45, 7) is 0.170. The zero-order valence-electron chi connectivity index (χ0n) is 18.6. The number of nitrogens with one attached hydrogen (secondary N) is 2. The summed E-state index contributed by atoms with van der Waals surface area (Å²) in [6, 6.07) is 13.9. The third kappa shape index (κ3) is 5.30. The number of carbonyl (C=O) groups is 4. The van der Waals surface area contributed by atoms with E-state index in [1.54, 1.807) is 48.5 Å². The second-order valence-corrected chi connectivity index (χ2v) is 8.67. The fourth-order valence-corrected chi connectivity index (χ4v) is 4.53. The molecule has 0 unspecified atom stereocenters. The van der Waals surface area contributed by atoms with E-state index in [2.05, 4.69) is 10.6 Å². The average Bonchev–Trinajstić information content (AvgIpc) is 2.98. The molecule has 2 aromatic carbocycles. The van der Waals surface area contributed by atoms with E-state index >= 15 is 0 Å². The zero-order valence-corrected chi connectivity index (χ0v) is 18.6. The number of hydrogen-bond donors (Lipinski definition) is 2. The van der Waals surface area contributed by atoms with Crippen molar-refractivity contribution in [3.8, 4) is 0 Å². The van der Waals surface area contributed by atoms with Crippen molar-refractivity contribution in [1.82, 2.24) is 10.2 Å². The monoisotopic (exact) mass is 447 g/mol. The predicted molar refractivity (Wildman–Crippen MR) is 125 cm³/mol. The molecule has 4 rings (SSSR count). The lowest BCUT2D eigenvalue weighted by Crippen LogP contribution is -2.35. The SMILES string of the molecule is O=C(CCCN1C(=O)c2ccccc2C1=O)Nc1ccccc1C(=O)NC1CCCCCC1. The van der Waals surface area contributed by atoms with Crippen LogP contribution in [0.5, 0.6) is 0 Å². The van der Waals surface area contributed by atoms with Crippen molar-refractivity contribution in [2.24, 2.45) is 0 Å². The van der Waals surface area contributed by atoms with Gasteiger partial charge in [-0.05, 0) is 43.5 Å². The maximum Gasteiger partial charge on any atom is 0.261 e. The lowest BCUT2D eigenvalue weighted by molar-refractivity contribution is -0.116. The van der Waals surface area contributed by atoms with Crippen LogP contribution in [0.3, 0.4) is 0 Å². The summed E-state index contributed by atoms with van der Waals surface area (Å²) in [6.07, 6.45) is 7.10. The average molecular weight is 448 g/mol. The van der Waals surface area contributed by atoms with Crippen molar-refractivity contribution in [3.05, 3.63) is 65.2 Å². The third-order valence-corrected chi connectivity index (χ3v) is 6.30. The maximum atomic E-state index is 12.9. The largest absolute Gasteiger partial charge is 0.349 e. The highest BCUT2D eigenvalue weighted by molar-refractivity contribution is 6.21. The first-order valence-electron chi connectivity index (χ1n) is 11.7. The van der Waals surface area contributed by atoms with Gasteiger partial charge in [0.1, 0.15) is 0 Å². The standard InChI is InChI=1S/C26H29N3O4/c30-23(16-9-17-29-25(32)19-12-5-6-13-20(19)26(29)33)28-22-15-8-7-14-21(22)24(31)27-18-10-3-1-2-4-11-18/h5-8,12-15,18H,1-4,9-11,16-17H2,(H,27,31)(H,28,30). The van der Waals surface area contributed by atoms with Crippen LogP contribution in [0.15, 0.2) is 48.5 Å². The molecule has 0 spiro atoms. The van der Waals surface area contributed by atoms with Crippen molar-refractivity contribution in [3.63, 3.8) is 0 Å². The number of hydrogen-bond acceptors (Lipinski definition) is 4. The molecule has 1 saturated carbocycles. The van der Waals surface area contributed by atoms with Crippen LogP contribution in [0, 0.1) is 0 Å². The zero-order chi connectivity index (χ0) is 23.2. The normalized spacial score (nSPS) is 16.3. The topological polar surface area (TPSA) is 95.6 Å². The van der Waals surface area contributed by atoms with Crippen LogP contribution < -0.4 is 10.6 Å². The van der Waals surface area contributed by atoms with Crippen LogP contribution in [0.2, 0.25) is 0 Å². The summed E-state index contributed by atoms with van der Waals surface area (Å²) >= 11 is 0. The first-order valence-corrected chi connectivity index (χ1v) is 11.7. The van der Waals surface area contributed by atoms with E-state index in [-0.39, 0.29) is 42.6 Å². The molecule has 33 heavy (non-hydrogen) atoms. The Kier molecular flexibility index (Phi) is 7.17. The van der Waals surface area contributed by atoms with Gasteiger partial charge in [0.15, 0.2) is 0 Å². The number of anilines is 1. The summed E-state index contributed by atoms with van der Waals surface area (Å²) in [5, 5.41) is 5.93. The first-order chi connectivity index (χ1) is 16.0. The van der Waals surface area contributed by atoms with Crippen LogP contribution in [0.25, 0.3) is 0 Å². The van der Waals surface area contributed by atoms with Gasteiger partial charge in [0, 0.05) is 19.0 Å². The lowest BCUT2D eigenvalue weighted by atomic mass is 10.1. The van der Waals surface area contributed by atoms with Crippen LogP contribution in [0.1, 0.15) is 82.4 Å². The highest BCUT2D eigenvalue weighted by Gasteiger charge is 2.34. The van der Waals surface area contributed by atoms with Gasteiger partial charge in [-0.2, -0.15) is 0 Å². The summed E-state index contributed by atoms with van der Waals surface area (Å²) in [5.41, 5.74) is 1.71. The van der Waals surface area contributed by atoms with Crippen LogP contribution in [-0.4, -0.2) is 41.1 Å². The summed E-state index contributed by atoms with van der Waals surface area (Å²) in [5.74, 6) is -1.08. The first kappa shape index (κ1) is 22.7. The fourth-order valence-electron chi connectivity index (χ4n) is 4.53. The van der Waals surface area contributed by atoms with Gasteiger partial charge in [-0.3, -0.25) is 24.1 Å². The van der Waals surface area contributed by atoms with E-state index in [1.807, 2.05) is 0 Å². The minimum absolute atomic E-state index is 0.131. The molecule has 7 nitrogen and oxygen atoms in total. The Balaban J connectivity index is 1.31. The number of carbonyl (C=O) groups excluding carboxylic acids is 4. The number of rotatable bonds is 7. The molecule has 2 aromatic rings. The number of para-hydroxylation sites is 1. The third-order valence-electron chi connectivity index (χ3n) is 6.30. The lowest BCUT2D eigenvalue weighted by Gasteiger charge is -2.18. The molecule has 2 aliphatic rings. The molecule has 1 aliphatic carbocycles.